The molecule has 0 unspecified atom stereocenters. The van der Waals surface area contributed by atoms with Crippen molar-refractivity contribution >= 4 is 0 Å². The number of rotatable bonds is 7. The lowest BCUT2D eigenvalue weighted by molar-refractivity contribution is -0.0672. The fourth-order valence-corrected chi connectivity index (χ4v) is 3.46. The second kappa shape index (κ2) is 8.80. The quantitative estimate of drug-likeness (QED) is 0.780. The van der Waals surface area contributed by atoms with Crippen LogP contribution in [0.25, 0.3) is 0 Å². The van der Waals surface area contributed by atoms with Gasteiger partial charge in [-0.15, -0.1) is 0 Å². The number of furan rings is 1. The summed E-state index contributed by atoms with van der Waals surface area (Å²) in [6, 6.07) is 4.72. The molecule has 0 bridgehead atoms. The molecule has 0 saturated carbocycles. The van der Waals surface area contributed by atoms with Gasteiger partial charge in [0.05, 0.1) is 44.8 Å². The first kappa shape index (κ1) is 16.9. The molecule has 2 saturated heterocycles. The molecule has 3 heterocycles. The first-order chi connectivity index (χ1) is 11.3. The largest absolute Gasteiger partial charge is 0.468 e. The zero-order valence-corrected chi connectivity index (χ0v) is 13.7. The first-order valence-electron chi connectivity index (χ1n) is 8.66. The summed E-state index contributed by atoms with van der Waals surface area (Å²) in [5, 5.41) is 12.7. The van der Waals surface area contributed by atoms with E-state index in [4.69, 9.17) is 19.0 Å². The van der Waals surface area contributed by atoms with E-state index in [1.807, 2.05) is 12.1 Å². The maximum atomic E-state index is 8.95. The molecule has 2 N–H and O–H groups in total. The molecule has 6 heteroatoms. The third kappa shape index (κ3) is 5.02. The van der Waals surface area contributed by atoms with Crippen LogP contribution in [-0.2, 0) is 16.0 Å². The smallest absolute Gasteiger partial charge is 0.117 e. The normalized spacial score (nSPS) is 27.3. The van der Waals surface area contributed by atoms with Crippen molar-refractivity contribution in [3.8, 4) is 0 Å². The molecular weight excluding hydrogens is 296 g/mol. The predicted octanol–water partition coefficient (Wildman–Crippen LogP) is 1.00. The summed E-state index contributed by atoms with van der Waals surface area (Å²) in [5.41, 5.74) is 0. The maximum absolute atomic E-state index is 8.95. The number of aliphatic hydroxyl groups excluding tert-OH is 1. The Morgan fingerprint density at radius 2 is 2.17 bits per heavy atom. The molecule has 1 aromatic heterocycles. The Hall–Kier alpha value is -0.920. The highest BCUT2D eigenvalue weighted by Crippen LogP contribution is 2.18. The Morgan fingerprint density at radius 1 is 1.30 bits per heavy atom. The van der Waals surface area contributed by atoms with Crippen LogP contribution in [0.3, 0.4) is 0 Å². The topological polar surface area (TPSA) is 67.1 Å². The van der Waals surface area contributed by atoms with Crippen molar-refractivity contribution in [2.75, 3.05) is 39.5 Å². The van der Waals surface area contributed by atoms with Gasteiger partial charge in [0.15, 0.2) is 0 Å². The predicted molar refractivity (Wildman–Crippen MR) is 86.2 cm³/mol. The van der Waals surface area contributed by atoms with Gasteiger partial charge in [-0.2, -0.15) is 0 Å². The average molecular weight is 324 g/mol. The van der Waals surface area contributed by atoms with Crippen LogP contribution < -0.4 is 5.32 Å². The van der Waals surface area contributed by atoms with Crippen LogP contribution in [0, 0.1) is 0 Å². The molecule has 2 aliphatic heterocycles. The van der Waals surface area contributed by atoms with Crippen LogP contribution in [0.2, 0.25) is 0 Å². The molecule has 130 valence electrons. The molecule has 0 radical (unpaired) electrons. The number of ether oxygens (including phenoxy) is 2. The zero-order chi connectivity index (χ0) is 15.9. The lowest BCUT2D eigenvalue weighted by Crippen LogP contribution is -2.54. The maximum Gasteiger partial charge on any atom is 0.117 e. The molecule has 23 heavy (non-hydrogen) atoms. The van der Waals surface area contributed by atoms with Crippen molar-refractivity contribution in [1.29, 1.82) is 0 Å². The van der Waals surface area contributed by atoms with Crippen molar-refractivity contribution in [3.05, 3.63) is 24.2 Å². The minimum absolute atomic E-state index is 0.0786. The highest BCUT2D eigenvalue weighted by Gasteiger charge is 2.29. The molecule has 0 aliphatic carbocycles. The molecule has 6 nitrogen and oxygen atoms in total. The van der Waals surface area contributed by atoms with E-state index < -0.39 is 0 Å². The van der Waals surface area contributed by atoms with Gasteiger partial charge in [-0.1, -0.05) is 0 Å². The van der Waals surface area contributed by atoms with Crippen LogP contribution in [0.4, 0.5) is 0 Å². The summed E-state index contributed by atoms with van der Waals surface area (Å²) in [4.78, 5) is 2.44. The Kier molecular flexibility index (Phi) is 6.47. The Morgan fingerprint density at radius 3 is 2.91 bits per heavy atom. The highest BCUT2D eigenvalue weighted by molar-refractivity contribution is 4.98. The van der Waals surface area contributed by atoms with E-state index in [9.17, 15) is 0 Å². The number of nitrogens with zero attached hydrogens (tertiary/aromatic N) is 1. The molecule has 0 spiro atoms. The van der Waals surface area contributed by atoms with Gasteiger partial charge in [0.1, 0.15) is 5.76 Å². The zero-order valence-electron chi connectivity index (χ0n) is 13.7. The summed E-state index contributed by atoms with van der Waals surface area (Å²) in [5.74, 6) is 1.04. The van der Waals surface area contributed by atoms with Gasteiger partial charge in [-0.05, 0) is 31.4 Å². The molecular formula is C17H28N2O4. The highest BCUT2D eigenvalue weighted by atomic mass is 16.5. The fraction of sp³-hybridized carbons (Fsp3) is 0.765. The van der Waals surface area contributed by atoms with Crippen molar-refractivity contribution in [2.24, 2.45) is 0 Å². The summed E-state index contributed by atoms with van der Waals surface area (Å²) >= 11 is 0. The SMILES string of the molecule is OCCO[C@@H]1CCOC[C@@H]1NC1CCN(Cc2ccco2)CC1. The van der Waals surface area contributed by atoms with Gasteiger partial charge >= 0.3 is 0 Å². The molecule has 2 fully saturated rings. The first-order valence-corrected chi connectivity index (χ1v) is 8.66. The lowest BCUT2D eigenvalue weighted by Gasteiger charge is -2.38. The molecule has 3 rings (SSSR count). The van der Waals surface area contributed by atoms with Gasteiger partial charge in [0.2, 0.25) is 0 Å². The third-order valence-corrected chi connectivity index (χ3v) is 4.71. The van der Waals surface area contributed by atoms with E-state index in [-0.39, 0.29) is 18.8 Å². The third-order valence-electron chi connectivity index (χ3n) is 4.71. The summed E-state index contributed by atoms with van der Waals surface area (Å²) in [6.45, 7) is 4.98. The molecule has 0 amide bonds. The van der Waals surface area contributed by atoms with Gasteiger partial charge in [0, 0.05) is 25.7 Å². The standard InChI is InChI=1S/C17H28N2O4/c20-8-11-23-17-5-10-21-13-16(17)18-14-3-6-19(7-4-14)12-15-2-1-9-22-15/h1-2,9,14,16-18,20H,3-8,10-13H2/t16-,17+/m0/s1. The molecule has 2 aliphatic rings. The summed E-state index contributed by atoms with van der Waals surface area (Å²) < 4.78 is 16.8. The number of hydrogen-bond acceptors (Lipinski definition) is 6. The van der Waals surface area contributed by atoms with E-state index in [0.717, 1.165) is 51.3 Å². The van der Waals surface area contributed by atoms with E-state index in [1.165, 1.54) is 0 Å². The van der Waals surface area contributed by atoms with Crippen LogP contribution in [0.1, 0.15) is 25.0 Å². The van der Waals surface area contributed by atoms with Crippen molar-refractivity contribution < 1.29 is 19.0 Å². The van der Waals surface area contributed by atoms with Crippen molar-refractivity contribution in [1.82, 2.24) is 10.2 Å². The second-order valence-corrected chi connectivity index (χ2v) is 6.40. The van der Waals surface area contributed by atoms with Crippen LogP contribution in [0.15, 0.2) is 22.8 Å². The van der Waals surface area contributed by atoms with Gasteiger partial charge in [-0.25, -0.2) is 0 Å². The minimum atomic E-state index is 0.0786. The van der Waals surface area contributed by atoms with E-state index in [1.54, 1.807) is 6.26 Å². The Balaban J connectivity index is 1.42. The Labute approximate surface area is 137 Å². The summed E-state index contributed by atoms with van der Waals surface area (Å²) in [6.07, 6.45) is 5.04. The molecule has 1 aromatic rings. The van der Waals surface area contributed by atoms with Crippen LogP contribution in [-0.4, -0.2) is 67.7 Å². The fourth-order valence-electron chi connectivity index (χ4n) is 3.46. The number of aliphatic hydroxyl groups is 1. The van der Waals surface area contributed by atoms with E-state index in [0.29, 0.717) is 19.3 Å². The monoisotopic (exact) mass is 324 g/mol. The van der Waals surface area contributed by atoms with Crippen LogP contribution in [0.5, 0.6) is 0 Å². The van der Waals surface area contributed by atoms with Crippen LogP contribution >= 0.6 is 0 Å². The van der Waals surface area contributed by atoms with Gasteiger partial charge < -0.3 is 24.3 Å². The number of nitrogens with one attached hydrogen (secondary N) is 1. The number of hydrogen-bond donors (Lipinski definition) is 2. The molecule has 0 aromatic carbocycles. The van der Waals surface area contributed by atoms with E-state index >= 15 is 0 Å². The average Bonchev–Trinajstić information content (AvgIpc) is 3.09. The second-order valence-electron chi connectivity index (χ2n) is 6.40. The van der Waals surface area contributed by atoms with Crippen molar-refractivity contribution in [3.63, 3.8) is 0 Å². The van der Waals surface area contributed by atoms with Gasteiger partial charge in [0.25, 0.3) is 0 Å². The van der Waals surface area contributed by atoms with Crippen molar-refractivity contribution in [2.45, 2.75) is 44.0 Å². The lowest BCUT2D eigenvalue weighted by atomic mass is 10.00. The minimum Gasteiger partial charge on any atom is -0.468 e. The Bertz CT molecular complexity index is 432. The van der Waals surface area contributed by atoms with E-state index in [2.05, 4.69) is 10.2 Å². The summed E-state index contributed by atoms with van der Waals surface area (Å²) in [7, 11) is 0. The van der Waals surface area contributed by atoms with Gasteiger partial charge in [-0.3, -0.25) is 4.90 Å². The molecule has 2 atom stereocenters. The number of piperidine rings is 1. The number of likely N-dealkylation sites (tertiary alicyclic amines) is 1.